The number of carbonyl (C=O) groups excluding carboxylic acids is 1. The Hall–Kier alpha value is -1.64. The molecule has 0 saturated carbocycles. The lowest BCUT2D eigenvalue weighted by Gasteiger charge is -1.97. The molecule has 0 aliphatic carbocycles. The van der Waals surface area contributed by atoms with E-state index < -0.39 is 5.82 Å². The zero-order valence-corrected chi connectivity index (χ0v) is 6.90. The Kier molecular flexibility index (Phi) is 3.20. The summed E-state index contributed by atoms with van der Waals surface area (Å²) in [6.45, 7) is 0. The zero-order valence-electron chi connectivity index (χ0n) is 6.90. The fraction of sp³-hybridized carbons (Fsp3) is 0.100. The van der Waals surface area contributed by atoms with Crippen molar-refractivity contribution in [1.82, 2.24) is 0 Å². The molecule has 0 atom stereocenters. The van der Waals surface area contributed by atoms with Gasteiger partial charge in [0.2, 0.25) is 0 Å². The molecule has 2 nitrogen and oxygen atoms in total. The number of benzene rings is 1. The highest BCUT2D eigenvalue weighted by molar-refractivity contribution is 5.61. The number of phenolic OH excluding ortho intramolecular Hbond substituents is 1. The third-order valence-corrected chi connectivity index (χ3v) is 1.52. The van der Waals surface area contributed by atoms with Crippen molar-refractivity contribution in [3.05, 3.63) is 35.7 Å². The van der Waals surface area contributed by atoms with Crippen LogP contribution in [-0.2, 0) is 4.79 Å². The summed E-state index contributed by atoms with van der Waals surface area (Å²) >= 11 is 0. The van der Waals surface area contributed by atoms with E-state index in [0.717, 1.165) is 12.4 Å². The van der Waals surface area contributed by atoms with Crippen molar-refractivity contribution < 1.29 is 14.3 Å². The molecule has 0 spiro atoms. The summed E-state index contributed by atoms with van der Waals surface area (Å²) in [7, 11) is 0. The number of allylic oxidation sites excluding steroid dienone is 1. The highest BCUT2D eigenvalue weighted by Crippen LogP contribution is 2.19. The molecular weight excluding hydrogens is 171 g/mol. The minimum atomic E-state index is -0.481. The maximum absolute atomic E-state index is 12.5. The molecule has 0 fully saturated rings. The molecule has 0 bridgehead atoms. The molecule has 3 heteroatoms. The molecule has 1 aromatic carbocycles. The van der Waals surface area contributed by atoms with E-state index in [1.54, 1.807) is 12.2 Å². The summed E-state index contributed by atoms with van der Waals surface area (Å²) in [5.74, 6) is -0.604. The van der Waals surface area contributed by atoms with Crippen molar-refractivity contribution in [2.45, 2.75) is 6.42 Å². The minimum Gasteiger partial charge on any atom is -0.507 e. The second-order valence-electron chi connectivity index (χ2n) is 2.51. The van der Waals surface area contributed by atoms with Crippen molar-refractivity contribution >= 4 is 12.4 Å². The lowest BCUT2D eigenvalue weighted by Crippen LogP contribution is -1.77. The van der Waals surface area contributed by atoms with Crippen LogP contribution in [0.2, 0.25) is 0 Å². The lowest BCUT2D eigenvalue weighted by molar-refractivity contribution is -0.107. The van der Waals surface area contributed by atoms with Crippen molar-refractivity contribution in [2.24, 2.45) is 0 Å². The van der Waals surface area contributed by atoms with Gasteiger partial charge in [0.05, 0.1) is 0 Å². The second-order valence-corrected chi connectivity index (χ2v) is 2.51. The van der Waals surface area contributed by atoms with Crippen LogP contribution in [0.25, 0.3) is 6.08 Å². The second kappa shape index (κ2) is 4.40. The van der Waals surface area contributed by atoms with E-state index >= 15 is 0 Å². The number of aromatic hydroxyl groups is 1. The predicted molar refractivity (Wildman–Crippen MR) is 47.8 cm³/mol. The molecule has 0 aliphatic heterocycles. The van der Waals surface area contributed by atoms with Crippen LogP contribution < -0.4 is 0 Å². The van der Waals surface area contributed by atoms with E-state index in [1.807, 2.05) is 0 Å². The van der Waals surface area contributed by atoms with Gasteiger partial charge < -0.3 is 9.90 Å². The Morgan fingerprint density at radius 3 is 2.85 bits per heavy atom. The molecule has 1 aromatic rings. The smallest absolute Gasteiger partial charge is 0.126 e. The Bertz CT molecular complexity index is 332. The normalized spacial score (nSPS) is 10.5. The van der Waals surface area contributed by atoms with Crippen molar-refractivity contribution in [1.29, 1.82) is 0 Å². The molecule has 0 heterocycles. The first-order chi connectivity index (χ1) is 6.24. The van der Waals surface area contributed by atoms with E-state index in [9.17, 15) is 14.3 Å². The first-order valence-corrected chi connectivity index (χ1v) is 3.82. The molecule has 0 aromatic heterocycles. The Balaban J connectivity index is 2.83. The number of hydrogen-bond donors (Lipinski definition) is 1. The van der Waals surface area contributed by atoms with Crippen LogP contribution in [0.3, 0.4) is 0 Å². The predicted octanol–water partition coefficient (Wildman–Crippen LogP) is 2.13. The maximum atomic E-state index is 12.5. The largest absolute Gasteiger partial charge is 0.507 e. The fourth-order valence-corrected chi connectivity index (χ4v) is 0.908. The van der Waals surface area contributed by atoms with Gasteiger partial charge in [-0.25, -0.2) is 4.39 Å². The van der Waals surface area contributed by atoms with Gasteiger partial charge in [0.15, 0.2) is 0 Å². The van der Waals surface area contributed by atoms with Crippen molar-refractivity contribution in [3.8, 4) is 5.75 Å². The first-order valence-electron chi connectivity index (χ1n) is 3.82. The highest BCUT2D eigenvalue weighted by Gasteiger charge is 1.97. The first kappa shape index (κ1) is 9.45. The van der Waals surface area contributed by atoms with Gasteiger partial charge >= 0.3 is 0 Å². The zero-order chi connectivity index (χ0) is 9.68. The lowest BCUT2D eigenvalue weighted by atomic mass is 10.2. The molecule has 0 aliphatic rings. The maximum Gasteiger partial charge on any atom is 0.126 e. The van der Waals surface area contributed by atoms with Gasteiger partial charge in [0.25, 0.3) is 0 Å². The monoisotopic (exact) mass is 180 g/mol. The summed E-state index contributed by atoms with van der Waals surface area (Å²) in [6.07, 6.45) is 4.21. The molecule has 0 radical (unpaired) electrons. The van der Waals surface area contributed by atoms with Crippen LogP contribution in [-0.4, -0.2) is 11.4 Å². The summed E-state index contributed by atoms with van der Waals surface area (Å²) in [5, 5.41) is 9.21. The average Bonchev–Trinajstić information content (AvgIpc) is 2.09. The minimum absolute atomic E-state index is 0.123. The Morgan fingerprint density at radius 2 is 2.23 bits per heavy atom. The summed E-state index contributed by atoms with van der Waals surface area (Å²) in [5.41, 5.74) is 0.503. The van der Waals surface area contributed by atoms with Gasteiger partial charge in [-0.05, 0) is 12.1 Å². The third kappa shape index (κ3) is 2.71. The van der Waals surface area contributed by atoms with E-state index in [-0.39, 0.29) is 12.2 Å². The Morgan fingerprint density at radius 1 is 1.46 bits per heavy atom. The number of hydrogen-bond acceptors (Lipinski definition) is 2. The van der Waals surface area contributed by atoms with Crippen LogP contribution in [0.5, 0.6) is 5.75 Å². The molecular formula is C10H9FO2. The number of phenols is 1. The summed E-state index contributed by atoms with van der Waals surface area (Å²) < 4.78 is 12.5. The van der Waals surface area contributed by atoms with Crippen molar-refractivity contribution in [3.63, 3.8) is 0 Å². The highest BCUT2D eigenvalue weighted by atomic mass is 19.1. The summed E-state index contributed by atoms with van der Waals surface area (Å²) in [6, 6.07) is 3.73. The third-order valence-electron chi connectivity index (χ3n) is 1.52. The van der Waals surface area contributed by atoms with Gasteiger partial charge in [-0.3, -0.25) is 0 Å². The van der Waals surface area contributed by atoms with Crippen LogP contribution in [0.4, 0.5) is 4.39 Å². The average molecular weight is 180 g/mol. The number of carbonyl (C=O) groups is 1. The molecule has 1 rings (SSSR count). The van der Waals surface area contributed by atoms with E-state index in [0.29, 0.717) is 5.56 Å². The quantitative estimate of drug-likeness (QED) is 0.723. The van der Waals surface area contributed by atoms with Crippen LogP contribution in [0, 0.1) is 5.82 Å². The molecule has 0 saturated heterocycles. The molecule has 0 unspecified atom stereocenters. The molecule has 68 valence electrons. The standard InChI is InChI=1S/C10H9FO2/c11-9-5-4-8(10(13)7-9)3-1-2-6-12/h1,3-7,13H,2H2. The number of halogens is 1. The number of rotatable bonds is 3. The SMILES string of the molecule is O=CCC=Cc1ccc(F)cc1O. The van der Waals surface area contributed by atoms with E-state index in [4.69, 9.17) is 0 Å². The van der Waals surface area contributed by atoms with Gasteiger partial charge in [0, 0.05) is 18.1 Å². The van der Waals surface area contributed by atoms with Gasteiger partial charge in [-0.2, -0.15) is 0 Å². The van der Waals surface area contributed by atoms with E-state index in [2.05, 4.69) is 0 Å². The van der Waals surface area contributed by atoms with Gasteiger partial charge in [-0.1, -0.05) is 12.2 Å². The van der Waals surface area contributed by atoms with Gasteiger partial charge in [0.1, 0.15) is 17.9 Å². The summed E-state index contributed by atoms with van der Waals surface area (Å²) in [4.78, 5) is 9.96. The van der Waals surface area contributed by atoms with Crippen LogP contribution in [0.15, 0.2) is 24.3 Å². The molecule has 0 amide bonds. The topological polar surface area (TPSA) is 37.3 Å². The number of aldehydes is 1. The fourth-order valence-electron chi connectivity index (χ4n) is 0.908. The van der Waals surface area contributed by atoms with Crippen LogP contribution in [0.1, 0.15) is 12.0 Å². The van der Waals surface area contributed by atoms with Gasteiger partial charge in [-0.15, -0.1) is 0 Å². The van der Waals surface area contributed by atoms with Crippen LogP contribution >= 0.6 is 0 Å². The molecule has 13 heavy (non-hydrogen) atoms. The Labute approximate surface area is 75.3 Å². The van der Waals surface area contributed by atoms with E-state index in [1.165, 1.54) is 12.1 Å². The van der Waals surface area contributed by atoms with Crippen molar-refractivity contribution in [2.75, 3.05) is 0 Å². The molecule has 1 N–H and O–H groups in total.